The second kappa shape index (κ2) is 9.63. The summed E-state index contributed by atoms with van der Waals surface area (Å²) in [5.41, 5.74) is 3.22. The van der Waals surface area contributed by atoms with Gasteiger partial charge in [0.25, 0.3) is 5.91 Å². The lowest BCUT2D eigenvalue weighted by molar-refractivity contribution is 0.0620. The second-order valence-electron chi connectivity index (χ2n) is 9.50. The van der Waals surface area contributed by atoms with E-state index in [1.54, 1.807) is 35.0 Å². The van der Waals surface area contributed by atoms with Gasteiger partial charge in [0.1, 0.15) is 11.6 Å². The summed E-state index contributed by atoms with van der Waals surface area (Å²) in [4.78, 5) is 19.9. The van der Waals surface area contributed by atoms with Crippen LogP contribution in [0.1, 0.15) is 28.8 Å². The number of rotatable bonds is 6. The Hall–Kier alpha value is -3.30. The Bertz CT molecular complexity index is 1410. The molecule has 5 heterocycles. The van der Waals surface area contributed by atoms with Crippen molar-refractivity contribution in [3.8, 4) is 11.3 Å². The molecule has 4 aromatic rings. The minimum absolute atomic E-state index is 0.0139. The number of hydrogen-bond acceptors (Lipinski definition) is 5. The topological polar surface area (TPSA) is 74.6 Å². The Morgan fingerprint density at radius 3 is 2.61 bits per heavy atom. The van der Waals surface area contributed by atoms with E-state index < -0.39 is 0 Å². The third kappa shape index (κ3) is 4.49. The molecule has 2 N–H and O–H groups in total. The van der Waals surface area contributed by atoms with Crippen molar-refractivity contribution < 1.29 is 9.18 Å². The van der Waals surface area contributed by atoms with E-state index in [-0.39, 0.29) is 17.8 Å². The molecule has 1 amide bonds. The van der Waals surface area contributed by atoms with E-state index in [4.69, 9.17) is 0 Å². The molecule has 3 saturated heterocycles. The molecule has 7 rings (SSSR count). The Balaban J connectivity index is 1.17. The predicted molar refractivity (Wildman–Crippen MR) is 140 cm³/mol. The fraction of sp³-hybridized carbons (Fsp3) is 0.296. The molecule has 7 nitrogen and oxygen atoms in total. The Morgan fingerprint density at radius 2 is 1.89 bits per heavy atom. The average molecular weight is 549 g/mol. The summed E-state index contributed by atoms with van der Waals surface area (Å²) in [6.45, 7) is 3.77. The molecule has 0 aliphatic carbocycles. The maximum Gasteiger partial charge on any atom is 0.251 e. The van der Waals surface area contributed by atoms with Crippen molar-refractivity contribution in [2.24, 2.45) is 5.92 Å². The predicted octanol–water partition coefficient (Wildman–Crippen LogP) is 4.73. The molecule has 2 bridgehead atoms. The van der Waals surface area contributed by atoms with Crippen molar-refractivity contribution in [3.05, 3.63) is 82.2 Å². The van der Waals surface area contributed by atoms with Gasteiger partial charge in [-0.05, 0) is 77.6 Å². The molecule has 9 heteroatoms. The van der Waals surface area contributed by atoms with Gasteiger partial charge in [-0.2, -0.15) is 9.61 Å². The highest BCUT2D eigenvalue weighted by Crippen LogP contribution is 2.29. The Labute approximate surface area is 216 Å². The zero-order valence-electron chi connectivity index (χ0n) is 19.6. The van der Waals surface area contributed by atoms with Crippen LogP contribution in [0.25, 0.3) is 16.9 Å². The van der Waals surface area contributed by atoms with Gasteiger partial charge < -0.3 is 15.5 Å². The lowest BCUT2D eigenvalue weighted by atomic mass is 9.84. The molecule has 0 spiro atoms. The highest BCUT2D eigenvalue weighted by Gasteiger charge is 2.34. The van der Waals surface area contributed by atoms with Crippen LogP contribution in [0.15, 0.2) is 65.3 Å². The first-order valence-electron chi connectivity index (χ1n) is 12.2. The Kier molecular flexibility index (Phi) is 6.18. The zero-order chi connectivity index (χ0) is 24.6. The smallest absolute Gasteiger partial charge is 0.251 e. The van der Waals surface area contributed by atoms with Gasteiger partial charge in [-0.15, -0.1) is 0 Å². The first-order chi connectivity index (χ1) is 17.5. The normalized spacial score (nSPS) is 21.0. The van der Waals surface area contributed by atoms with E-state index in [0.29, 0.717) is 40.7 Å². The van der Waals surface area contributed by atoms with E-state index in [1.807, 2.05) is 24.3 Å². The van der Waals surface area contributed by atoms with Gasteiger partial charge in [-0.3, -0.25) is 4.79 Å². The van der Waals surface area contributed by atoms with Gasteiger partial charge >= 0.3 is 0 Å². The van der Waals surface area contributed by atoms with Gasteiger partial charge in [-0.1, -0.05) is 24.3 Å². The summed E-state index contributed by atoms with van der Waals surface area (Å²) in [6.07, 6.45) is 4.01. The number of piperidine rings is 3. The van der Waals surface area contributed by atoms with Gasteiger partial charge in [0.2, 0.25) is 0 Å². The van der Waals surface area contributed by atoms with Crippen LogP contribution in [0.3, 0.4) is 0 Å². The van der Waals surface area contributed by atoms with Crippen LogP contribution in [-0.4, -0.2) is 51.1 Å². The molecule has 0 saturated carbocycles. The lowest BCUT2D eigenvalue weighted by Crippen LogP contribution is -2.57. The number of carbonyl (C=O) groups is 1. The maximum absolute atomic E-state index is 14.4. The van der Waals surface area contributed by atoms with Gasteiger partial charge in [0.05, 0.1) is 16.4 Å². The third-order valence-electron chi connectivity index (χ3n) is 7.24. The fourth-order valence-electron chi connectivity index (χ4n) is 5.22. The molecule has 3 fully saturated rings. The van der Waals surface area contributed by atoms with Crippen LogP contribution < -0.4 is 10.6 Å². The largest absolute Gasteiger partial charge is 0.366 e. The van der Waals surface area contributed by atoms with Crippen LogP contribution >= 0.6 is 15.9 Å². The highest BCUT2D eigenvalue weighted by molar-refractivity contribution is 9.10. The SMILES string of the molecule is O=C(NC1CN2CCC1CC2)c1ccc(CNc2cc(-c3ccccc3F)nc3c(Br)cnn23)cc1. The van der Waals surface area contributed by atoms with Crippen molar-refractivity contribution in [3.63, 3.8) is 0 Å². The molecule has 2 aromatic carbocycles. The van der Waals surface area contributed by atoms with Crippen LogP contribution in [0.2, 0.25) is 0 Å². The summed E-state index contributed by atoms with van der Waals surface area (Å²) in [6, 6.07) is 16.3. The number of nitrogens with zero attached hydrogens (tertiary/aromatic N) is 4. The summed E-state index contributed by atoms with van der Waals surface area (Å²) < 4.78 is 16.9. The van der Waals surface area contributed by atoms with Gasteiger partial charge in [-0.25, -0.2) is 9.37 Å². The van der Waals surface area contributed by atoms with Crippen molar-refractivity contribution >= 4 is 33.3 Å². The number of amides is 1. The Morgan fingerprint density at radius 1 is 1.11 bits per heavy atom. The third-order valence-corrected chi connectivity index (χ3v) is 7.80. The van der Waals surface area contributed by atoms with Crippen LogP contribution in [0, 0.1) is 11.7 Å². The number of aromatic nitrogens is 3. The first kappa shape index (κ1) is 23.1. The number of benzene rings is 2. The molecule has 0 radical (unpaired) electrons. The van der Waals surface area contributed by atoms with Gasteiger partial charge in [0, 0.05) is 36.3 Å². The first-order valence-corrected chi connectivity index (χ1v) is 13.0. The number of carbonyl (C=O) groups excluding carboxylic acids is 1. The molecule has 1 unspecified atom stereocenters. The summed E-state index contributed by atoms with van der Waals surface area (Å²) in [5.74, 6) is 0.937. The summed E-state index contributed by atoms with van der Waals surface area (Å²) >= 11 is 3.48. The van der Waals surface area contributed by atoms with E-state index in [9.17, 15) is 9.18 Å². The van der Waals surface area contributed by atoms with E-state index >= 15 is 0 Å². The molecule has 2 aromatic heterocycles. The van der Waals surface area contributed by atoms with Gasteiger partial charge in [0.15, 0.2) is 5.65 Å². The monoisotopic (exact) mass is 548 g/mol. The quantitative estimate of drug-likeness (QED) is 0.364. The maximum atomic E-state index is 14.4. The summed E-state index contributed by atoms with van der Waals surface area (Å²) in [7, 11) is 0. The zero-order valence-corrected chi connectivity index (χ0v) is 21.2. The molecule has 36 heavy (non-hydrogen) atoms. The van der Waals surface area contributed by atoms with Crippen LogP contribution in [0.4, 0.5) is 10.2 Å². The average Bonchev–Trinajstić information content (AvgIpc) is 3.29. The number of hydrogen-bond donors (Lipinski definition) is 2. The molecule has 3 aliphatic heterocycles. The number of fused-ring (bicyclic) bond motifs is 4. The summed E-state index contributed by atoms with van der Waals surface area (Å²) in [5, 5.41) is 11.0. The number of anilines is 1. The van der Waals surface area contributed by atoms with Crippen molar-refractivity contribution in [2.45, 2.75) is 25.4 Å². The van der Waals surface area contributed by atoms with Crippen molar-refractivity contribution in [1.29, 1.82) is 0 Å². The molecular weight excluding hydrogens is 523 g/mol. The van der Waals surface area contributed by atoms with E-state index in [1.165, 1.54) is 18.9 Å². The highest BCUT2D eigenvalue weighted by atomic mass is 79.9. The standard InChI is InChI=1S/C27H26BrFN6O/c28-21-15-31-35-25(13-23(32-26(21)35)20-3-1-2-4-22(20)29)30-14-17-5-7-19(8-6-17)27(36)33-24-16-34-11-9-18(24)10-12-34/h1-8,13,15,18,24,30H,9-12,14,16H2,(H,33,36). The minimum atomic E-state index is -0.331. The number of nitrogens with one attached hydrogen (secondary N) is 2. The molecule has 184 valence electrons. The van der Waals surface area contributed by atoms with Crippen LogP contribution in [-0.2, 0) is 6.54 Å². The van der Waals surface area contributed by atoms with Crippen LogP contribution in [0.5, 0.6) is 0 Å². The number of halogens is 2. The van der Waals surface area contributed by atoms with Crippen molar-refractivity contribution in [1.82, 2.24) is 24.8 Å². The second-order valence-corrected chi connectivity index (χ2v) is 10.4. The molecule has 1 atom stereocenters. The fourth-order valence-corrected chi connectivity index (χ4v) is 5.56. The van der Waals surface area contributed by atoms with Crippen molar-refractivity contribution in [2.75, 3.05) is 25.0 Å². The van der Waals surface area contributed by atoms with E-state index in [2.05, 4.69) is 41.5 Å². The minimum Gasteiger partial charge on any atom is -0.366 e. The molecular formula is C27H26BrFN6O. The van der Waals surface area contributed by atoms with E-state index in [0.717, 1.165) is 29.7 Å². The lowest BCUT2D eigenvalue weighted by Gasteiger charge is -2.44. The molecule has 3 aliphatic rings.